The summed E-state index contributed by atoms with van der Waals surface area (Å²) in [4.78, 5) is 32.3. The second kappa shape index (κ2) is 7.30. The number of unbranched alkanes of at least 4 members (excludes halogenated alkanes) is 1. The van der Waals surface area contributed by atoms with Crippen LogP contribution in [0.15, 0.2) is 12.5 Å². The Morgan fingerprint density at radius 2 is 2.21 bits per heavy atom. The van der Waals surface area contributed by atoms with Crippen molar-refractivity contribution in [3.63, 3.8) is 0 Å². The fourth-order valence-corrected chi connectivity index (χ4v) is 1.63. The molecule has 0 bridgehead atoms. The highest BCUT2D eigenvalue weighted by Crippen LogP contribution is 2.17. The van der Waals surface area contributed by atoms with E-state index < -0.39 is 11.9 Å². The van der Waals surface area contributed by atoms with Gasteiger partial charge >= 0.3 is 5.97 Å². The Morgan fingerprint density at radius 1 is 1.47 bits per heavy atom. The molecule has 1 amide bonds. The van der Waals surface area contributed by atoms with E-state index in [1.807, 2.05) is 6.92 Å². The summed E-state index contributed by atoms with van der Waals surface area (Å²) in [5, 5.41) is 0. The minimum Gasteiger partial charge on any atom is -0.465 e. The van der Waals surface area contributed by atoms with E-state index in [2.05, 4.69) is 14.7 Å². The standard InChI is InChI=1S/C12H18N4O3/c1-3-4-5-16(7-10(13)17)11-9(12(18)19-2)6-14-8-15-11/h6,8H,3-5,7H2,1-2H3,(H2,13,17). The average molecular weight is 266 g/mol. The van der Waals surface area contributed by atoms with Crippen molar-refractivity contribution < 1.29 is 14.3 Å². The van der Waals surface area contributed by atoms with Gasteiger partial charge in [-0.2, -0.15) is 0 Å². The van der Waals surface area contributed by atoms with Gasteiger partial charge in [0.15, 0.2) is 0 Å². The van der Waals surface area contributed by atoms with Gasteiger partial charge in [0.1, 0.15) is 17.7 Å². The number of anilines is 1. The van der Waals surface area contributed by atoms with Crippen molar-refractivity contribution in [2.75, 3.05) is 25.1 Å². The summed E-state index contributed by atoms with van der Waals surface area (Å²) in [6.07, 6.45) is 4.50. The number of hydrogen-bond acceptors (Lipinski definition) is 6. The van der Waals surface area contributed by atoms with Crippen molar-refractivity contribution in [3.8, 4) is 0 Å². The molecule has 0 saturated carbocycles. The van der Waals surface area contributed by atoms with Gasteiger partial charge in [-0.05, 0) is 6.42 Å². The number of rotatable bonds is 7. The third-order valence-electron chi connectivity index (χ3n) is 2.52. The minimum absolute atomic E-state index is 0.001000. The van der Waals surface area contributed by atoms with Crippen molar-refractivity contribution in [2.45, 2.75) is 19.8 Å². The normalized spacial score (nSPS) is 10.0. The van der Waals surface area contributed by atoms with Crippen LogP contribution in [-0.4, -0.2) is 42.0 Å². The predicted molar refractivity (Wildman–Crippen MR) is 69.7 cm³/mol. The number of nitrogens with zero attached hydrogens (tertiary/aromatic N) is 3. The summed E-state index contributed by atoms with van der Waals surface area (Å²) in [5.41, 5.74) is 5.45. The van der Waals surface area contributed by atoms with Crippen LogP contribution in [0.25, 0.3) is 0 Å². The van der Waals surface area contributed by atoms with Gasteiger partial charge in [-0.1, -0.05) is 13.3 Å². The number of ether oxygens (including phenoxy) is 1. The molecule has 19 heavy (non-hydrogen) atoms. The summed E-state index contributed by atoms with van der Waals surface area (Å²) in [5.74, 6) is -0.652. The number of nitrogens with two attached hydrogens (primary N) is 1. The Balaban J connectivity index is 3.06. The van der Waals surface area contributed by atoms with Crippen molar-refractivity contribution in [1.29, 1.82) is 0 Å². The van der Waals surface area contributed by atoms with E-state index in [1.165, 1.54) is 19.6 Å². The Kier molecular flexibility index (Phi) is 5.72. The van der Waals surface area contributed by atoms with Gasteiger partial charge in [0.05, 0.1) is 13.7 Å². The Labute approximate surface area is 111 Å². The van der Waals surface area contributed by atoms with Crippen LogP contribution in [0.2, 0.25) is 0 Å². The third-order valence-corrected chi connectivity index (χ3v) is 2.52. The lowest BCUT2D eigenvalue weighted by Crippen LogP contribution is -2.36. The van der Waals surface area contributed by atoms with Crippen LogP contribution in [0.3, 0.4) is 0 Å². The number of amides is 1. The van der Waals surface area contributed by atoms with Gasteiger partial charge in [-0.25, -0.2) is 14.8 Å². The topological polar surface area (TPSA) is 98.4 Å². The molecule has 7 nitrogen and oxygen atoms in total. The van der Waals surface area contributed by atoms with E-state index in [4.69, 9.17) is 5.73 Å². The first-order chi connectivity index (χ1) is 9.10. The molecule has 0 aliphatic heterocycles. The molecule has 0 aromatic carbocycles. The third kappa shape index (κ3) is 4.20. The molecule has 0 aliphatic rings. The molecule has 0 saturated heterocycles. The molecule has 1 rings (SSSR count). The van der Waals surface area contributed by atoms with E-state index >= 15 is 0 Å². The summed E-state index contributed by atoms with van der Waals surface area (Å²) in [7, 11) is 1.28. The first-order valence-corrected chi connectivity index (χ1v) is 6.01. The molecular formula is C12H18N4O3. The quantitative estimate of drug-likeness (QED) is 0.715. The van der Waals surface area contributed by atoms with Gasteiger partial charge in [0, 0.05) is 12.7 Å². The molecule has 0 fully saturated rings. The van der Waals surface area contributed by atoms with E-state index in [1.54, 1.807) is 4.90 Å². The van der Waals surface area contributed by atoms with E-state index in [-0.39, 0.29) is 12.1 Å². The Hall–Kier alpha value is -2.18. The highest BCUT2D eigenvalue weighted by atomic mass is 16.5. The van der Waals surface area contributed by atoms with Crippen LogP contribution in [0.5, 0.6) is 0 Å². The molecule has 104 valence electrons. The maximum Gasteiger partial charge on any atom is 0.343 e. The van der Waals surface area contributed by atoms with Crippen molar-refractivity contribution in [2.24, 2.45) is 5.73 Å². The minimum atomic E-state index is -0.540. The number of carbonyl (C=O) groups excluding carboxylic acids is 2. The highest BCUT2D eigenvalue weighted by Gasteiger charge is 2.19. The zero-order chi connectivity index (χ0) is 14.3. The zero-order valence-corrected chi connectivity index (χ0v) is 11.1. The highest BCUT2D eigenvalue weighted by molar-refractivity contribution is 5.95. The molecule has 7 heteroatoms. The monoisotopic (exact) mass is 266 g/mol. The fraction of sp³-hybridized carbons (Fsp3) is 0.500. The Bertz CT molecular complexity index is 450. The average Bonchev–Trinajstić information content (AvgIpc) is 2.42. The number of esters is 1. The van der Waals surface area contributed by atoms with Crippen LogP contribution in [0, 0.1) is 0 Å². The molecule has 2 N–H and O–H groups in total. The summed E-state index contributed by atoms with van der Waals surface area (Å²) in [6, 6.07) is 0. The summed E-state index contributed by atoms with van der Waals surface area (Å²) in [6.45, 7) is 2.62. The molecule has 0 unspecified atom stereocenters. The van der Waals surface area contributed by atoms with Crippen molar-refractivity contribution in [1.82, 2.24) is 9.97 Å². The first kappa shape index (κ1) is 14.9. The lowest BCUT2D eigenvalue weighted by Gasteiger charge is -2.23. The molecule has 0 radical (unpaired) electrons. The summed E-state index contributed by atoms with van der Waals surface area (Å²) < 4.78 is 4.67. The van der Waals surface area contributed by atoms with Gasteiger partial charge in [0.2, 0.25) is 5.91 Å². The smallest absolute Gasteiger partial charge is 0.343 e. The van der Waals surface area contributed by atoms with E-state index in [0.717, 1.165) is 12.8 Å². The van der Waals surface area contributed by atoms with Crippen LogP contribution >= 0.6 is 0 Å². The van der Waals surface area contributed by atoms with Crippen LogP contribution in [0.1, 0.15) is 30.1 Å². The molecule has 1 aromatic rings. The van der Waals surface area contributed by atoms with Crippen LogP contribution < -0.4 is 10.6 Å². The van der Waals surface area contributed by atoms with Crippen molar-refractivity contribution >= 4 is 17.7 Å². The van der Waals surface area contributed by atoms with Crippen LogP contribution in [0.4, 0.5) is 5.82 Å². The lowest BCUT2D eigenvalue weighted by molar-refractivity contribution is -0.116. The second-order valence-corrected chi connectivity index (χ2v) is 3.99. The van der Waals surface area contributed by atoms with E-state index in [9.17, 15) is 9.59 Å². The second-order valence-electron chi connectivity index (χ2n) is 3.99. The number of hydrogen-bond donors (Lipinski definition) is 1. The number of carbonyl (C=O) groups is 2. The van der Waals surface area contributed by atoms with Gasteiger partial charge in [0.25, 0.3) is 0 Å². The predicted octanol–water partition coefficient (Wildman–Crippen LogP) is 0.355. The van der Waals surface area contributed by atoms with Crippen LogP contribution in [-0.2, 0) is 9.53 Å². The summed E-state index contributed by atoms with van der Waals surface area (Å²) >= 11 is 0. The SMILES string of the molecule is CCCCN(CC(N)=O)c1ncncc1C(=O)OC. The van der Waals surface area contributed by atoms with Gasteiger partial charge in [-0.15, -0.1) is 0 Å². The maximum absolute atomic E-state index is 11.7. The van der Waals surface area contributed by atoms with Crippen molar-refractivity contribution in [3.05, 3.63) is 18.1 Å². The van der Waals surface area contributed by atoms with E-state index in [0.29, 0.717) is 12.4 Å². The number of aromatic nitrogens is 2. The molecule has 0 aliphatic carbocycles. The fourth-order valence-electron chi connectivity index (χ4n) is 1.63. The number of primary amides is 1. The molecule has 0 spiro atoms. The largest absolute Gasteiger partial charge is 0.465 e. The van der Waals surface area contributed by atoms with Gasteiger partial charge < -0.3 is 15.4 Å². The molecular weight excluding hydrogens is 248 g/mol. The zero-order valence-electron chi connectivity index (χ0n) is 11.1. The Morgan fingerprint density at radius 3 is 2.79 bits per heavy atom. The van der Waals surface area contributed by atoms with Gasteiger partial charge in [-0.3, -0.25) is 4.79 Å². The molecule has 1 heterocycles. The molecule has 1 aromatic heterocycles. The molecule has 0 atom stereocenters. The first-order valence-electron chi connectivity index (χ1n) is 6.01. The maximum atomic E-state index is 11.7. The lowest BCUT2D eigenvalue weighted by atomic mass is 10.2. The number of methoxy groups -OCH3 is 1.